The first-order chi connectivity index (χ1) is 18.0. The molecule has 0 atom stereocenters. The lowest BCUT2D eigenvalue weighted by Gasteiger charge is -2.33. The number of halogens is 2. The van der Waals surface area contributed by atoms with Crippen molar-refractivity contribution in [2.75, 3.05) is 0 Å². The van der Waals surface area contributed by atoms with Gasteiger partial charge in [-0.15, -0.1) is 0 Å². The summed E-state index contributed by atoms with van der Waals surface area (Å²) in [6, 6.07) is 36.3. The molecule has 5 heteroatoms. The second-order valence-electron chi connectivity index (χ2n) is 9.56. The van der Waals surface area contributed by atoms with Crippen LogP contribution in [0.2, 0.25) is 0 Å². The number of aromatic nitrogens is 2. The molecule has 4 aromatic carbocycles. The molecule has 0 saturated carbocycles. The molecule has 7 rings (SSSR count). The standard InChI is InChI=1S/C25H19BrClN2P.C7H8/c1-15-19-7-3-5-9-21(19)28-24(15)23(17-11-13-18(26)14-12-17)25-16(2)20-8-4-6-10-22(20)29(25)30(28)27;1-7-5-3-2-4-6-7/h3-14,23H,1-2H3;2-6H,1H3. The molecule has 0 radical (unpaired) electrons. The van der Waals surface area contributed by atoms with Gasteiger partial charge in [0.15, 0.2) is 0 Å². The van der Waals surface area contributed by atoms with E-state index in [4.69, 9.17) is 11.2 Å². The van der Waals surface area contributed by atoms with Gasteiger partial charge in [-0.3, -0.25) is 8.68 Å². The smallest absolute Gasteiger partial charge is 0.206 e. The summed E-state index contributed by atoms with van der Waals surface area (Å²) >= 11 is 10.9. The molecule has 0 N–H and O–H groups in total. The largest absolute Gasteiger partial charge is 0.292 e. The van der Waals surface area contributed by atoms with Gasteiger partial charge in [-0.1, -0.05) is 100 Å². The molecule has 37 heavy (non-hydrogen) atoms. The van der Waals surface area contributed by atoms with Crippen molar-refractivity contribution >= 4 is 56.6 Å². The minimum Gasteiger partial charge on any atom is -0.292 e. The Hall–Kier alpha value is -2.84. The molecular formula is C32H27BrClN2P. The van der Waals surface area contributed by atoms with Crippen LogP contribution in [-0.4, -0.2) is 8.68 Å². The Kier molecular flexibility index (Phi) is 6.49. The predicted molar refractivity (Wildman–Crippen MR) is 163 cm³/mol. The number of aryl methyl sites for hydroxylation is 3. The fourth-order valence-electron chi connectivity index (χ4n) is 5.56. The van der Waals surface area contributed by atoms with E-state index >= 15 is 0 Å². The Balaban J connectivity index is 0.000000314. The van der Waals surface area contributed by atoms with Gasteiger partial charge in [0.25, 0.3) is 0 Å². The molecule has 0 bridgehead atoms. The van der Waals surface area contributed by atoms with E-state index in [1.807, 2.05) is 18.2 Å². The Labute approximate surface area is 232 Å². The highest BCUT2D eigenvalue weighted by Gasteiger charge is 2.38. The topological polar surface area (TPSA) is 9.86 Å². The van der Waals surface area contributed by atoms with Gasteiger partial charge < -0.3 is 0 Å². The molecule has 6 aromatic rings. The normalized spacial score (nSPS) is 16.2. The van der Waals surface area contributed by atoms with Crippen LogP contribution in [0.5, 0.6) is 0 Å². The summed E-state index contributed by atoms with van der Waals surface area (Å²) in [5, 5.41) is 2.57. The number of para-hydroxylation sites is 2. The van der Waals surface area contributed by atoms with Crippen LogP contribution >= 0.6 is 34.7 Å². The summed E-state index contributed by atoms with van der Waals surface area (Å²) < 4.78 is 5.89. The van der Waals surface area contributed by atoms with E-state index in [9.17, 15) is 0 Å². The first-order valence-corrected chi connectivity index (χ1v) is 15.4. The number of fused-ring (bicyclic) bond motifs is 6. The molecule has 0 fully saturated rings. The van der Waals surface area contributed by atoms with Gasteiger partial charge in [0, 0.05) is 26.6 Å². The van der Waals surface area contributed by atoms with Gasteiger partial charge in [0.05, 0.1) is 17.0 Å². The van der Waals surface area contributed by atoms with Crippen LogP contribution in [0.15, 0.2) is 108 Å². The lowest BCUT2D eigenvalue weighted by Crippen LogP contribution is -2.19. The van der Waals surface area contributed by atoms with E-state index in [1.54, 1.807) is 0 Å². The fraction of sp³-hybridized carbons (Fsp3) is 0.125. The van der Waals surface area contributed by atoms with E-state index in [-0.39, 0.29) is 5.92 Å². The van der Waals surface area contributed by atoms with Crippen LogP contribution in [-0.2, 0) is 0 Å². The Bertz CT molecular complexity index is 1650. The highest BCUT2D eigenvalue weighted by Crippen LogP contribution is 2.60. The molecule has 1 aliphatic heterocycles. The molecule has 2 nitrogen and oxygen atoms in total. The minimum absolute atomic E-state index is 0.135. The average molecular weight is 586 g/mol. The molecule has 0 unspecified atom stereocenters. The van der Waals surface area contributed by atoms with Gasteiger partial charge in [-0.05, 0) is 73.0 Å². The third-order valence-electron chi connectivity index (χ3n) is 7.32. The predicted octanol–water partition coefficient (Wildman–Crippen LogP) is 10.3. The van der Waals surface area contributed by atoms with Crippen molar-refractivity contribution in [3.05, 3.63) is 141 Å². The maximum Gasteiger partial charge on any atom is 0.206 e. The molecule has 2 aromatic heterocycles. The van der Waals surface area contributed by atoms with Crippen molar-refractivity contribution in [3.63, 3.8) is 0 Å². The number of hydrogen-bond acceptors (Lipinski definition) is 0. The summed E-state index contributed by atoms with van der Waals surface area (Å²) in [7, 11) is -1.11. The molecule has 1 aliphatic rings. The highest BCUT2D eigenvalue weighted by molar-refractivity contribution is 9.10. The van der Waals surface area contributed by atoms with Crippen LogP contribution in [0.3, 0.4) is 0 Å². The zero-order valence-electron chi connectivity index (χ0n) is 21.0. The van der Waals surface area contributed by atoms with Gasteiger partial charge >= 0.3 is 0 Å². The van der Waals surface area contributed by atoms with Crippen LogP contribution < -0.4 is 0 Å². The lowest BCUT2D eigenvalue weighted by molar-refractivity contribution is 0.823. The Morgan fingerprint density at radius 2 is 1.08 bits per heavy atom. The maximum absolute atomic E-state index is 7.32. The lowest BCUT2D eigenvalue weighted by atomic mass is 9.88. The van der Waals surface area contributed by atoms with Crippen molar-refractivity contribution < 1.29 is 0 Å². The van der Waals surface area contributed by atoms with Gasteiger partial charge in [0.1, 0.15) is 0 Å². The summed E-state index contributed by atoms with van der Waals surface area (Å²) in [6.45, 7) is 6.57. The quantitative estimate of drug-likeness (QED) is 0.170. The monoisotopic (exact) mass is 584 g/mol. The Morgan fingerprint density at radius 3 is 1.54 bits per heavy atom. The summed E-state index contributed by atoms with van der Waals surface area (Å²) in [6.07, 6.45) is 0. The molecule has 184 valence electrons. The molecule has 0 saturated heterocycles. The SMILES string of the molecule is Cc1c2n(c3ccccc13)P(Cl)n1c(c(C)c3ccccc31)C2c1ccc(Br)cc1.Cc1ccccc1. The van der Waals surface area contributed by atoms with E-state index in [1.165, 1.54) is 55.4 Å². The molecular weight excluding hydrogens is 559 g/mol. The molecule has 3 heterocycles. The first-order valence-electron chi connectivity index (χ1n) is 12.4. The zero-order valence-corrected chi connectivity index (χ0v) is 24.2. The van der Waals surface area contributed by atoms with Crippen LogP contribution in [0.1, 0.15) is 39.6 Å². The maximum atomic E-state index is 7.32. The third kappa shape index (κ3) is 4.05. The van der Waals surface area contributed by atoms with E-state index in [0.717, 1.165) is 4.47 Å². The van der Waals surface area contributed by atoms with Gasteiger partial charge in [-0.2, -0.15) is 0 Å². The van der Waals surface area contributed by atoms with Gasteiger partial charge in [-0.25, -0.2) is 0 Å². The third-order valence-corrected chi connectivity index (χ3v) is 10.3. The zero-order chi connectivity index (χ0) is 25.7. The molecule has 0 aliphatic carbocycles. The van der Waals surface area contributed by atoms with Crippen LogP contribution in [0.25, 0.3) is 21.8 Å². The van der Waals surface area contributed by atoms with Crippen molar-refractivity contribution in [1.29, 1.82) is 0 Å². The summed E-state index contributed by atoms with van der Waals surface area (Å²) in [5.41, 5.74) is 10.3. The summed E-state index contributed by atoms with van der Waals surface area (Å²) in [4.78, 5) is 0. The van der Waals surface area contributed by atoms with Crippen LogP contribution in [0, 0.1) is 20.8 Å². The Morgan fingerprint density at radius 1 is 0.622 bits per heavy atom. The number of benzene rings is 4. The van der Waals surface area contributed by atoms with E-state index in [0.29, 0.717) is 0 Å². The highest BCUT2D eigenvalue weighted by atomic mass is 79.9. The number of rotatable bonds is 1. The van der Waals surface area contributed by atoms with E-state index in [2.05, 4.69) is 130 Å². The van der Waals surface area contributed by atoms with Crippen molar-refractivity contribution in [2.45, 2.75) is 26.7 Å². The molecule has 0 spiro atoms. The average Bonchev–Trinajstić information content (AvgIpc) is 3.39. The second-order valence-corrected chi connectivity index (χ2v) is 12.7. The number of nitrogens with zero attached hydrogens (tertiary/aromatic N) is 2. The fourth-order valence-corrected chi connectivity index (χ4v) is 8.57. The van der Waals surface area contributed by atoms with Crippen molar-refractivity contribution in [1.82, 2.24) is 8.68 Å². The van der Waals surface area contributed by atoms with Gasteiger partial charge in [0.2, 0.25) is 7.58 Å². The van der Waals surface area contributed by atoms with Crippen molar-refractivity contribution in [3.8, 4) is 0 Å². The minimum atomic E-state index is -1.11. The number of hydrogen-bond donors (Lipinski definition) is 0. The first kappa shape index (κ1) is 24.5. The van der Waals surface area contributed by atoms with Crippen molar-refractivity contribution in [2.24, 2.45) is 0 Å². The second kappa shape index (κ2) is 9.80. The molecule has 0 amide bonds. The summed E-state index contributed by atoms with van der Waals surface area (Å²) in [5.74, 6) is 0.135. The van der Waals surface area contributed by atoms with Crippen LogP contribution in [0.4, 0.5) is 0 Å². The van der Waals surface area contributed by atoms with E-state index < -0.39 is 7.58 Å².